The first-order chi connectivity index (χ1) is 4.50. The topological polar surface area (TPSA) is 62.8 Å². The maximum absolute atomic E-state index is 10.7. The quantitative estimate of drug-likeness (QED) is 0.760. The van der Waals surface area contributed by atoms with E-state index in [9.17, 15) is 8.42 Å². The number of nitrogens with zero attached hydrogens (tertiary/aromatic N) is 1. The van der Waals surface area contributed by atoms with Crippen LogP contribution in [0.15, 0.2) is 16.0 Å². The molecule has 0 aliphatic heterocycles. The van der Waals surface area contributed by atoms with Crippen LogP contribution in [-0.2, 0) is 9.84 Å². The molecule has 0 atom stereocenters. The summed E-state index contributed by atoms with van der Waals surface area (Å²) in [6.07, 6.45) is 2.49. The average Bonchev–Trinajstić information content (AvgIpc) is 2.11. The van der Waals surface area contributed by atoms with E-state index in [0.717, 1.165) is 6.26 Å². The number of aromatic nitrogens is 2. The van der Waals surface area contributed by atoms with Gasteiger partial charge in [-0.2, -0.15) is 0 Å². The second-order valence-corrected chi connectivity index (χ2v) is 4.59. The smallest absolute Gasteiger partial charge is 0.225 e. The van der Waals surface area contributed by atoms with Gasteiger partial charge >= 0.3 is 0 Å². The molecule has 0 amide bonds. The van der Waals surface area contributed by atoms with Crippen LogP contribution in [0.5, 0.6) is 0 Å². The first-order valence-corrected chi connectivity index (χ1v) is 5.09. The number of sulfone groups is 1. The standard InChI is InChI=1S/C4H5BrN2O2S/c1-10(8,9)4-6-2-3(5)7-4/h2H,1H3,(H,6,7). The summed E-state index contributed by atoms with van der Waals surface area (Å²) in [6.45, 7) is 0. The van der Waals surface area contributed by atoms with E-state index in [1.165, 1.54) is 6.20 Å². The Balaban J connectivity index is 3.21. The van der Waals surface area contributed by atoms with E-state index in [1.54, 1.807) is 0 Å². The summed E-state index contributed by atoms with van der Waals surface area (Å²) >= 11 is 3.04. The van der Waals surface area contributed by atoms with Gasteiger partial charge in [0.2, 0.25) is 15.0 Å². The van der Waals surface area contributed by atoms with Crippen LogP contribution < -0.4 is 0 Å². The van der Waals surface area contributed by atoms with Gasteiger partial charge in [0.15, 0.2) is 0 Å². The lowest BCUT2D eigenvalue weighted by Crippen LogP contribution is -1.98. The molecule has 1 aromatic rings. The predicted octanol–water partition coefficient (Wildman–Crippen LogP) is 0.576. The van der Waals surface area contributed by atoms with Crippen LogP contribution in [0.2, 0.25) is 0 Å². The Morgan fingerprint density at radius 1 is 1.70 bits per heavy atom. The monoisotopic (exact) mass is 224 g/mol. The van der Waals surface area contributed by atoms with E-state index in [-0.39, 0.29) is 5.16 Å². The third-order valence-corrected chi connectivity index (χ3v) is 2.19. The Labute approximate surface area is 66.7 Å². The highest BCUT2D eigenvalue weighted by Gasteiger charge is 2.09. The molecule has 1 rings (SSSR count). The van der Waals surface area contributed by atoms with Gasteiger partial charge in [0.05, 0.1) is 6.20 Å². The highest BCUT2D eigenvalue weighted by molar-refractivity contribution is 9.10. The summed E-state index contributed by atoms with van der Waals surface area (Å²) in [4.78, 5) is 6.13. The summed E-state index contributed by atoms with van der Waals surface area (Å²) in [5, 5.41) is -0.0145. The fraction of sp³-hybridized carbons (Fsp3) is 0.250. The Morgan fingerprint density at radius 2 is 2.30 bits per heavy atom. The number of halogens is 1. The highest BCUT2D eigenvalue weighted by atomic mass is 79.9. The van der Waals surface area contributed by atoms with Crippen molar-refractivity contribution in [2.75, 3.05) is 6.26 Å². The summed E-state index contributed by atoms with van der Waals surface area (Å²) in [5.74, 6) is 0. The Bertz CT molecular complexity index is 329. The van der Waals surface area contributed by atoms with E-state index >= 15 is 0 Å². The van der Waals surface area contributed by atoms with Crippen LogP contribution in [0.1, 0.15) is 0 Å². The number of hydrogen-bond donors (Lipinski definition) is 1. The molecular weight excluding hydrogens is 220 g/mol. The number of H-pyrrole nitrogens is 1. The fourth-order valence-corrected chi connectivity index (χ4v) is 1.43. The largest absolute Gasteiger partial charge is 0.324 e. The van der Waals surface area contributed by atoms with Gasteiger partial charge in [-0.1, -0.05) is 0 Å². The van der Waals surface area contributed by atoms with Gasteiger partial charge in [0, 0.05) is 6.26 Å². The lowest BCUT2D eigenvalue weighted by Gasteiger charge is -1.86. The van der Waals surface area contributed by atoms with Crippen molar-refractivity contribution in [2.24, 2.45) is 0 Å². The molecule has 0 saturated heterocycles. The minimum atomic E-state index is -3.18. The van der Waals surface area contributed by atoms with Crippen molar-refractivity contribution in [3.05, 3.63) is 10.8 Å². The molecule has 0 saturated carbocycles. The number of hydrogen-bond acceptors (Lipinski definition) is 3. The minimum absolute atomic E-state index is 0.0145. The maximum Gasteiger partial charge on any atom is 0.225 e. The van der Waals surface area contributed by atoms with Crippen molar-refractivity contribution in [2.45, 2.75) is 5.16 Å². The highest BCUT2D eigenvalue weighted by Crippen LogP contribution is 2.08. The van der Waals surface area contributed by atoms with E-state index in [1.807, 2.05) is 0 Å². The molecular formula is C4H5BrN2O2S. The molecule has 10 heavy (non-hydrogen) atoms. The van der Waals surface area contributed by atoms with Gasteiger partial charge in [-0.15, -0.1) is 0 Å². The molecule has 0 aliphatic carbocycles. The molecule has 1 heterocycles. The van der Waals surface area contributed by atoms with Crippen molar-refractivity contribution < 1.29 is 8.42 Å². The molecule has 0 radical (unpaired) electrons. The summed E-state index contributed by atoms with van der Waals surface area (Å²) in [7, 11) is -3.18. The van der Waals surface area contributed by atoms with Gasteiger partial charge in [-0.25, -0.2) is 13.4 Å². The first-order valence-electron chi connectivity index (χ1n) is 2.41. The first kappa shape index (κ1) is 7.74. The normalized spacial score (nSPS) is 11.8. The third-order valence-electron chi connectivity index (χ3n) is 0.873. The van der Waals surface area contributed by atoms with Gasteiger partial charge in [0.1, 0.15) is 4.60 Å². The second kappa shape index (κ2) is 2.35. The number of aromatic amines is 1. The fourth-order valence-electron chi connectivity index (χ4n) is 0.470. The summed E-state index contributed by atoms with van der Waals surface area (Å²) < 4.78 is 22.0. The molecule has 4 nitrogen and oxygen atoms in total. The van der Waals surface area contributed by atoms with Crippen LogP contribution in [-0.4, -0.2) is 24.6 Å². The van der Waals surface area contributed by atoms with Gasteiger partial charge in [-0.05, 0) is 15.9 Å². The molecule has 0 bridgehead atoms. The van der Waals surface area contributed by atoms with E-state index in [0.29, 0.717) is 4.60 Å². The van der Waals surface area contributed by atoms with Crippen LogP contribution in [0.4, 0.5) is 0 Å². The Morgan fingerprint density at radius 3 is 2.50 bits per heavy atom. The number of rotatable bonds is 1. The van der Waals surface area contributed by atoms with Crippen molar-refractivity contribution in [3.8, 4) is 0 Å². The van der Waals surface area contributed by atoms with Crippen LogP contribution in [0.3, 0.4) is 0 Å². The van der Waals surface area contributed by atoms with Crippen LogP contribution in [0.25, 0.3) is 0 Å². The minimum Gasteiger partial charge on any atom is -0.324 e. The molecule has 0 fully saturated rings. The molecule has 0 spiro atoms. The van der Waals surface area contributed by atoms with Crippen LogP contribution >= 0.6 is 15.9 Å². The van der Waals surface area contributed by atoms with E-state index < -0.39 is 9.84 Å². The average molecular weight is 225 g/mol. The molecule has 1 aromatic heterocycles. The molecule has 0 aliphatic rings. The molecule has 0 unspecified atom stereocenters. The summed E-state index contributed by atoms with van der Waals surface area (Å²) in [6, 6.07) is 0. The van der Waals surface area contributed by atoms with Gasteiger partial charge in [-0.3, -0.25) is 0 Å². The maximum atomic E-state index is 10.7. The molecule has 6 heteroatoms. The Hall–Kier alpha value is -0.360. The Kier molecular flexibility index (Phi) is 1.82. The number of imidazole rings is 1. The zero-order chi connectivity index (χ0) is 7.78. The van der Waals surface area contributed by atoms with Gasteiger partial charge < -0.3 is 4.98 Å². The van der Waals surface area contributed by atoms with Crippen LogP contribution in [0, 0.1) is 0 Å². The van der Waals surface area contributed by atoms with Crippen molar-refractivity contribution in [1.82, 2.24) is 9.97 Å². The van der Waals surface area contributed by atoms with E-state index in [2.05, 4.69) is 25.9 Å². The molecule has 0 aromatic carbocycles. The lowest BCUT2D eigenvalue weighted by atomic mass is 11.0. The second-order valence-electron chi connectivity index (χ2n) is 1.81. The lowest BCUT2D eigenvalue weighted by molar-refractivity contribution is 0.594. The zero-order valence-electron chi connectivity index (χ0n) is 5.13. The SMILES string of the molecule is CS(=O)(=O)c1ncc(Br)[nH]1. The summed E-state index contributed by atoms with van der Waals surface area (Å²) in [5.41, 5.74) is 0. The van der Waals surface area contributed by atoms with Crippen molar-refractivity contribution >= 4 is 25.8 Å². The third kappa shape index (κ3) is 1.57. The molecule has 1 N–H and O–H groups in total. The van der Waals surface area contributed by atoms with Crippen molar-refractivity contribution in [1.29, 1.82) is 0 Å². The zero-order valence-corrected chi connectivity index (χ0v) is 7.53. The predicted molar refractivity (Wildman–Crippen MR) is 39.4 cm³/mol. The molecule has 56 valence electrons. The van der Waals surface area contributed by atoms with Crippen molar-refractivity contribution in [3.63, 3.8) is 0 Å². The number of nitrogens with one attached hydrogen (secondary N) is 1. The van der Waals surface area contributed by atoms with Gasteiger partial charge in [0.25, 0.3) is 0 Å². The van der Waals surface area contributed by atoms with E-state index in [4.69, 9.17) is 0 Å².